The third kappa shape index (κ3) is 6.30. The predicted octanol–water partition coefficient (Wildman–Crippen LogP) is 3.64. The van der Waals surface area contributed by atoms with Crippen molar-refractivity contribution in [1.29, 1.82) is 0 Å². The molecule has 0 bridgehead atoms. The van der Waals surface area contributed by atoms with Crippen LogP contribution in [0.15, 0.2) is 42.5 Å². The van der Waals surface area contributed by atoms with E-state index in [1.165, 1.54) is 0 Å². The summed E-state index contributed by atoms with van der Waals surface area (Å²) in [6.07, 6.45) is 10.1. The van der Waals surface area contributed by atoms with Crippen molar-refractivity contribution in [2.45, 2.75) is 63.8 Å². The number of aliphatic hydroxyl groups excluding tert-OH is 3. The Morgan fingerprint density at radius 3 is 2.68 bits per heavy atom. The standard InChI is InChI=1S/C23H32O5/c1-2-3-4-10-17(24)13-14-20-19(21(25)15-22(20)26)12-7-9-16-8-5-6-11-18(16)23(27)28/h5-9,11,13-14,17,19-22,24-26H,2-4,10,12,15H2,1H3,(H,27,28)/b9-7?,14-13+. The van der Waals surface area contributed by atoms with Gasteiger partial charge in [-0.2, -0.15) is 0 Å². The topological polar surface area (TPSA) is 98.0 Å². The van der Waals surface area contributed by atoms with Gasteiger partial charge in [-0.05, 0) is 30.4 Å². The fourth-order valence-electron chi connectivity index (χ4n) is 3.85. The van der Waals surface area contributed by atoms with Crippen molar-refractivity contribution in [3.63, 3.8) is 0 Å². The zero-order valence-corrected chi connectivity index (χ0v) is 16.4. The molecule has 0 amide bonds. The zero-order chi connectivity index (χ0) is 20.5. The van der Waals surface area contributed by atoms with Crippen molar-refractivity contribution in [3.8, 4) is 0 Å². The Labute approximate surface area is 167 Å². The van der Waals surface area contributed by atoms with Crippen LogP contribution in [0.3, 0.4) is 0 Å². The van der Waals surface area contributed by atoms with Gasteiger partial charge in [-0.3, -0.25) is 0 Å². The van der Waals surface area contributed by atoms with Crippen LogP contribution in [0.5, 0.6) is 0 Å². The Hall–Kier alpha value is -1.95. The van der Waals surface area contributed by atoms with Gasteiger partial charge in [-0.1, -0.05) is 68.7 Å². The summed E-state index contributed by atoms with van der Waals surface area (Å²) in [5.74, 6) is -1.37. The lowest BCUT2D eigenvalue weighted by Crippen LogP contribution is -2.20. The summed E-state index contributed by atoms with van der Waals surface area (Å²) >= 11 is 0. The van der Waals surface area contributed by atoms with Crippen LogP contribution in [0.1, 0.15) is 61.4 Å². The first-order chi connectivity index (χ1) is 13.4. The molecule has 0 saturated heterocycles. The van der Waals surface area contributed by atoms with Gasteiger partial charge >= 0.3 is 5.97 Å². The van der Waals surface area contributed by atoms with E-state index in [1.54, 1.807) is 36.4 Å². The van der Waals surface area contributed by atoms with Crippen LogP contribution in [0.4, 0.5) is 0 Å². The molecular weight excluding hydrogens is 356 g/mol. The number of carboxylic acids is 1. The molecule has 1 aromatic rings. The molecule has 0 spiro atoms. The summed E-state index contributed by atoms with van der Waals surface area (Å²) in [5, 5.41) is 40.0. The predicted molar refractivity (Wildman–Crippen MR) is 110 cm³/mol. The molecule has 0 heterocycles. The van der Waals surface area contributed by atoms with Crippen molar-refractivity contribution in [2.75, 3.05) is 0 Å². The summed E-state index contributed by atoms with van der Waals surface area (Å²) in [5.41, 5.74) is 0.846. The molecule has 0 radical (unpaired) electrons. The van der Waals surface area contributed by atoms with E-state index in [0.717, 1.165) is 19.3 Å². The minimum Gasteiger partial charge on any atom is -0.478 e. The molecule has 5 unspecified atom stereocenters. The smallest absolute Gasteiger partial charge is 0.336 e. The third-order valence-electron chi connectivity index (χ3n) is 5.47. The molecule has 0 aliphatic heterocycles. The highest BCUT2D eigenvalue weighted by Gasteiger charge is 2.39. The number of carbonyl (C=O) groups is 1. The van der Waals surface area contributed by atoms with Crippen LogP contribution in [0.25, 0.3) is 6.08 Å². The van der Waals surface area contributed by atoms with Crippen LogP contribution < -0.4 is 0 Å². The highest BCUT2D eigenvalue weighted by atomic mass is 16.4. The van der Waals surface area contributed by atoms with Crippen LogP contribution in [0.2, 0.25) is 0 Å². The molecule has 1 aliphatic carbocycles. The van der Waals surface area contributed by atoms with Crippen molar-refractivity contribution >= 4 is 12.0 Å². The van der Waals surface area contributed by atoms with E-state index >= 15 is 0 Å². The zero-order valence-electron chi connectivity index (χ0n) is 16.4. The molecular formula is C23H32O5. The number of aromatic carboxylic acids is 1. The lowest BCUT2D eigenvalue weighted by atomic mass is 9.89. The van der Waals surface area contributed by atoms with Gasteiger partial charge in [-0.25, -0.2) is 4.79 Å². The number of aliphatic hydroxyl groups is 3. The number of unbranched alkanes of at least 4 members (excludes halogenated alkanes) is 2. The second kappa shape index (κ2) is 11.1. The molecule has 5 heteroatoms. The molecule has 1 fully saturated rings. The second-order valence-corrected chi connectivity index (χ2v) is 7.59. The Morgan fingerprint density at radius 2 is 1.96 bits per heavy atom. The van der Waals surface area contributed by atoms with Crippen molar-refractivity contribution in [2.24, 2.45) is 11.8 Å². The Bertz CT molecular complexity index is 681. The van der Waals surface area contributed by atoms with E-state index in [4.69, 9.17) is 0 Å². The fraction of sp³-hybridized carbons (Fsp3) is 0.522. The van der Waals surface area contributed by atoms with Gasteiger partial charge in [0.25, 0.3) is 0 Å². The van der Waals surface area contributed by atoms with E-state index in [0.29, 0.717) is 24.8 Å². The summed E-state index contributed by atoms with van der Waals surface area (Å²) in [4.78, 5) is 11.3. The van der Waals surface area contributed by atoms with E-state index in [-0.39, 0.29) is 17.4 Å². The Balaban J connectivity index is 2.01. The minimum atomic E-state index is -0.977. The lowest BCUT2D eigenvalue weighted by Gasteiger charge is -2.19. The molecule has 5 atom stereocenters. The van der Waals surface area contributed by atoms with Gasteiger partial charge in [0.2, 0.25) is 0 Å². The van der Waals surface area contributed by atoms with Gasteiger partial charge in [0.15, 0.2) is 0 Å². The van der Waals surface area contributed by atoms with Gasteiger partial charge in [0.05, 0.1) is 23.9 Å². The van der Waals surface area contributed by atoms with Gasteiger partial charge < -0.3 is 20.4 Å². The molecule has 0 aromatic heterocycles. The number of hydrogen-bond acceptors (Lipinski definition) is 4. The van der Waals surface area contributed by atoms with Crippen LogP contribution in [0, 0.1) is 11.8 Å². The maximum Gasteiger partial charge on any atom is 0.336 e. The summed E-state index contributed by atoms with van der Waals surface area (Å²) in [6.45, 7) is 2.12. The largest absolute Gasteiger partial charge is 0.478 e. The maximum absolute atomic E-state index is 11.3. The van der Waals surface area contributed by atoms with E-state index in [1.807, 2.05) is 12.2 Å². The van der Waals surface area contributed by atoms with Crippen molar-refractivity contribution in [3.05, 3.63) is 53.6 Å². The van der Waals surface area contributed by atoms with Crippen LogP contribution in [-0.2, 0) is 0 Å². The fourth-order valence-corrected chi connectivity index (χ4v) is 3.85. The van der Waals surface area contributed by atoms with Crippen molar-refractivity contribution < 1.29 is 25.2 Å². The minimum absolute atomic E-state index is 0.165. The average Bonchev–Trinajstić information content (AvgIpc) is 2.93. The highest BCUT2D eigenvalue weighted by molar-refractivity contribution is 5.92. The number of rotatable bonds is 10. The molecule has 4 N–H and O–H groups in total. The molecule has 5 nitrogen and oxygen atoms in total. The third-order valence-corrected chi connectivity index (χ3v) is 5.47. The monoisotopic (exact) mass is 388 g/mol. The quantitative estimate of drug-likeness (QED) is 0.362. The Morgan fingerprint density at radius 1 is 1.21 bits per heavy atom. The molecule has 154 valence electrons. The Kier molecular flexibility index (Phi) is 8.90. The maximum atomic E-state index is 11.3. The summed E-state index contributed by atoms with van der Waals surface area (Å²) < 4.78 is 0. The highest BCUT2D eigenvalue weighted by Crippen LogP contribution is 2.36. The first-order valence-corrected chi connectivity index (χ1v) is 10.2. The molecule has 1 aliphatic rings. The average molecular weight is 389 g/mol. The van der Waals surface area contributed by atoms with Gasteiger partial charge in [0, 0.05) is 12.3 Å². The second-order valence-electron chi connectivity index (χ2n) is 7.59. The summed E-state index contributed by atoms with van der Waals surface area (Å²) in [7, 11) is 0. The van der Waals surface area contributed by atoms with E-state index in [2.05, 4.69) is 6.92 Å². The van der Waals surface area contributed by atoms with Crippen molar-refractivity contribution in [1.82, 2.24) is 0 Å². The molecule has 1 saturated carbocycles. The molecule has 2 rings (SSSR count). The van der Waals surface area contributed by atoms with Gasteiger partial charge in [0.1, 0.15) is 0 Å². The first-order valence-electron chi connectivity index (χ1n) is 10.2. The van der Waals surface area contributed by atoms with E-state index in [9.17, 15) is 25.2 Å². The summed E-state index contributed by atoms with van der Waals surface area (Å²) in [6, 6.07) is 6.77. The first kappa shape index (κ1) is 22.3. The lowest BCUT2D eigenvalue weighted by molar-refractivity contribution is 0.0696. The SMILES string of the molecule is CCCCCC(O)/C=C/C1C(O)CC(O)C1CC=Cc1ccccc1C(=O)O. The number of carboxylic acid groups (broad SMARTS) is 1. The molecule has 1 aromatic carbocycles. The number of hydrogen-bond donors (Lipinski definition) is 4. The number of allylic oxidation sites excluding steroid dienone is 1. The number of benzene rings is 1. The molecule has 28 heavy (non-hydrogen) atoms. The van der Waals surface area contributed by atoms with Crippen LogP contribution >= 0.6 is 0 Å². The van der Waals surface area contributed by atoms with Gasteiger partial charge in [-0.15, -0.1) is 0 Å². The van der Waals surface area contributed by atoms with E-state index < -0.39 is 24.3 Å². The van der Waals surface area contributed by atoms with Crippen LogP contribution in [-0.4, -0.2) is 44.7 Å². The normalized spacial score (nSPS) is 26.3.